The molecule has 0 unspecified atom stereocenters. The van der Waals surface area contributed by atoms with Crippen molar-refractivity contribution >= 4 is 17.7 Å². The number of carbonyl (C=O) groups excluding carboxylic acids is 2. The Labute approximate surface area is 212 Å². The molecule has 2 aromatic rings. The van der Waals surface area contributed by atoms with E-state index < -0.39 is 12.2 Å². The van der Waals surface area contributed by atoms with Crippen LogP contribution in [-0.4, -0.2) is 62.8 Å². The average molecular weight is 498 g/mol. The van der Waals surface area contributed by atoms with Crippen LogP contribution in [0.5, 0.6) is 0 Å². The summed E-state index contributed by atoms with van der Waals surface area (Å²) in [6.07, 6.45) is -1.66. The van der Waals surface area contributed by atoms with Crippen molar-refractivity contribution in [3.8, 4) is 0 Å². The summed E-state index contributed by atoms with van der Waals surface area (Å²) in [5.41, 5.74) is 2.19. The average Bonchev–Trinajstić information content (AvgIpc) is 3.10. The number of rotatable bonds is 7. The van der Waals surface area contributed by atoms with Crippen LogP contribution in [0.25, 0.3) is 0 Å². The molecular formula is C28H36FN3O4. The quantitative estimate of drug-likeness (QED) is 0.619. The van der Waals surface area contributed by atoms with Gasteiger partial charge in [0.05, 0.1) is 13.2 Å². The highest BCUT2D eigenvalue weighted by molar-refractivity contribution is 5.85. The zero-order valence-corrected chi connectivity index (χ0v) is 21.6. The van der Waals surface area contributed by atoms with Gasteiger partial charge in [0.1, 0.15) is 5.82 Å². The van der Waals surface area contributed by atoms with E-state index in [1.54, 1.807) is 23.1 Å². The molecule has 1 atom stereocenters. The number of alkyl carbamates (subject to hydrolysis) is 1. The summed E-state index contributed by atoms with van der Waals surface area (Å²) in [5, 5.41) is 2.87. The second-order valence-corrected chi connectivity index (χ2v) is 11.1. The molecule has 1 fully saturated rings. The SMILES string of the molecule is CC(C)(CNC(=O)O[C@@H](C(=O)N1CCOCC1)c1ccccc1)CN1CC(C)(C)c2cc(F)ccc21. The first-order valence-corrected chi connectivity index (χ1v) is 12.5. The van der Waals surface area contributed by atoms with Gasteiger partial charge in [-0.2, -0.15) is 0 Å². The Morgan fingerprint density at radius 1 is 1.14 bits per heavy atom. The molecule has 1 saturated heterocycles. The maximum atomic E-state index is 13.9. The van der Waals surface area contributed by atoms with E-state index in [-0.39, 0.29) is 22.6 Å². The monoisotopic (exact) mass is 497 g/mol. The summed E-state index contributed by atoms with van der Waals surface area (Å²) in [7, 11) is 0. The van der Waals surface area contributed by atoms with Crippen molar-refractivity contribution in [3.63, 3.8) is 0 Å². The number of fused-ring (bicyclic) bond motifs is 1. The first kappa shape index (κ1) is 25.9. The number of hydrogen-bond acceptors (Lipinski definition) is 5. The number of nitrogens with one attached hydrogen (secondary N) is 1. The van der Waals surface area contributed by atoms with E-state index in [4.69, 9.17) is 9.47 Å². The van der Waals surface area contributed by atoms with Gasteiger partial charge in [-0.05, 0) is 29.2 Å². The second kappa shape index (κ2) is 10.5. The molecular weight excluding hydrogens is 461 g/mol. The standard InChI is InChI=1S/C28H36FN3O4/c1-27(2,18-32-19-28(3,4)22-16-21(29)10-11-23(22)32)17-30-26(34)36-24(20-8-6-5-7-9-20)25(33)31-12-14-35-15-13-31/h5-11,16,24H,12-15,17-19H2,1-4H3,(H,30,34)/t24-/m1/s1. The number of morpholine rings is 1. The molecule has 2 heterocycles. The van der Waals surface area contributed by atoms with Gasteiger partial charge in [0, 0.05) is 49.4 Å². The van der Waals surface area contributed by atoms with Gasteiger partial charge in [-0.15, -0.1) is 0 Å². The Morgan fingerprint density at radius 2 is 1.83 bits per heavy atom. The predicted molar refractivity (Wildman–Crippen MR) is 136 cm³/mol. The van der Waals surface area contributed by atoms with E-state index in [2.05, 4.69) is 37.9 Å². The van der Waals surface area contributed by atoms with Crippen LogP contribution in [0.1, 0.15) is 44.9 Å². The summed E-state index contributed by atoms with van der Waals surface area (Å²) in [6.45, 7) is 12.0. The molecule has 0 saturated carbocycles. The fraction of sp³-hybridized carbons (Fsp3) is 0.500. The Kier molecular flexibility index (Phi) is 7.54. The Balaban J connectivity index is 1.39. The minimum absolute atomic E-state index is 0.164. The van der Waals surface area contributed by atoms with Crippen molar-refractivity contribution in [2.45, 2.75) is 39.2 Å². The van der Waals surface area contributed by atoms with Crippen LogP contribution in [0.3, 0.4) is 0 Å². The van der Waals surface area contributed by atoms with Gasteiger partial charge in [-0.1, -0.05) is 58.0 Å². The predicted octanol–water partition coefficient (Wildman–Crippen LogP) is 4.28. The highest BCUT2D eigenvalue weighted by Gasteiger charge is 2.38. The topological polar surface area (TPSA) is 71.1 Å². The fourth-order valence-corrected chi connectivity index (χ4v) is 4.99. The molecule has 0 aliphatic carbocycles. The van der Waals surface area contributed by atoms with Crippen LogP contribution < -0.4 is 10.2 Å². The van der Waals surface area contributed by atoms with Crippen molar-refractivity contribution in [3.05, 3.63) is 65.5 Å². The van der Waals surface area contributed by atoms with Crippen LogP contribution >= 0.6 is 0 Å². The van der Waals surface area contributed by atoms with Crippen LogP contribution in [0, 0.1) is 11.2 Å². The normalized spacial score (nSPS) is 17.9. The summed E-state index contributed by atoms with van der Waals surface area (Å²) >= 11 is 0. The van der Waals surface area contributed by atoms with Gasteiger partial charge in [-0.25, -0.2) is 9.18 Å². The van der Waals surface area contributed by atoms with E-state index in [0.717, 1.165) is 17.8 Å². The van der Waals surface area contributed by atoms with Gasteiger partial charge in [-0.3, -0.25) is 4.79 Å². The van der Waals surface area contributed by atoms with Crippen molar-refractivity contribution in [1.29, 1.82) is 0 Å². The third-order valence-corrected chi connectivity index (χ3v) is 6.82. The van der Waals surface area contributed by atoms with Gasteiger partial charge >= 0.3 is 6.09 Å². The van der Waals surface area contributed by atoms with Crippen molar-refractivity contribution < 1.29 is 23.5 Å². The van der Waals surface area contributed by atoms with Gasteiger partial charge in [0.25, 0.3) is 5.91 Å². The fourth-order valence-electron chi connectivity index (χ4n) is 4.99. The molecule has 8 heteroatoms. The minimum atomic E-state index is -1.02. The van der Waals surface area contributed by atoms with E-state index in [0.29, 0.717) is 45.0 Å². The number of halogens is 1. The number of amides is 2. The molecule has 0 radical (unpaired) electrons. The molecule has 0 spiro atoms. The van der Waals surface area contributed by atoms with Gasteiger partial charge in [0.2, 0.25) is 6.10 Å². The molecule has 0 aromatic heterocycles. The number of hydrogen-bond donors (Lipinski definition) is 1. The van der Waals surface area contributed by atoms with E-state index in [1.165, 1.54) is 6.07 Å². The molecule has 4 rings (SSSR count). The minimum Gasteiger partial charge on any atom is -0.431 e. The largest absolute Gasteiger partial charge is 0.431 e. The molecule has 194 valence electrons. The van der Waals surface area contributed by atoms with Crippen molar-refractivity contribution in [1.82, 2.24) is 10.2 Å². The lowest BCUT2D eigenvalue weighted by Crippen LogP contribution is -2.46. The molecule has 36 heavy (non-hydrogen) atoms. The maximum Gasteiger partial charge on any atom is 0.408 e. The number of anilines is 1. The van der Waals surface area contributed by atoms with Crippen molar-refractivity contribution in [2.24, 2.45) is 5.41 Å². The molecule has 2 aromatic carbocycles. The smallest absolute Gasteiger partial charge is 0.408 e. The van der Waals surface area contributed by atoms with Crippen LogP contribution in [0.4, 0.5) is 14.9 Å². The third kappa shape index (κ3) is 5.98. The lowest BCUT2D eigenvalue weighted by atomic mass is 9.87. The lowest BCUT2D eigenvalue weighted by molar-refractivity contribution is -0.144. The zero-order valence-electron chi connectivity index (χ0n) is 21.6. The molecule has 1 N–H and O–H groups in total. The third-order valence-electron chi connectivity index (χ3n) is 6.82. The number of nitrogens with zero attached hydrogens (tertiary/aromatic N) is 2. The molecule has 7 nitrogen and oxygen atoms in total. The van der Waals surface area contributed by atoms with Crippen molar-refractivity contribution in [2.75, 3.05) is 50.8 Å². The van der Waals surface area contributed by atoms with Crippen LogP contribution in [0.15, 0.2) is 48.5 Å². The number of carbonyl (C=O) groups is 2. The van der Waals surface area contributed by atoms with E-state index >= 15 is 0 Å². The van der Waals surface area contributed by atoms with E-state index in [1.807, 2.05) is 24.3 Å². The number of benzene rings is 2. The molecule has 2 aliphatic heterocycles. The van der Waals surface area contributed by atoms with Crippen LogP contribution in [0.2, 0.25) is 0 Å². The summed E-state index contributed by atoms with van der Waals surface area (Å²) < 4.78 is 24.9. The van der Waals surface area contributed by atoms with Gasteiger partial charge < -0.3 is 24.6 Å². The van der Waals surface area contributed by atoms with Crippen LogP contribution in [-0.2, 0) is 19.7 Å². The Bertz CT molecular complexity index is 1080. The summed E-state index contributed by atoms with van der Waals surface area (Å²) in [6, 6.07) is 14.0. The lowest BCUT2D eigenvalue weighted by Gasteiger charge is -2.33. The van der Waals surface area contributed by atoms with E-state index in [9.17, 15) is 14.0 Å². The summed E-state index contributed by atoms with van der Waals surface area (Å²) in [5.74, 6) is -0.478. The Hall–Kier alpha value is -3.13. The highest BCUT2D eigenvalue weighted by Crippen LogP contribution is 2.41. The number of ether oxygens (including phenoxy) is 2. The second-order valence-electron chi connectivity index (χ2n) is 11.1. The first-order valence-electron chi connectivity index (χ1n) is 12.5. The summed E-state index contributed by atoms with van der Waals surface area (Å²) in [4.78, 5) is 30.0. The van der Waals surface area contributed by atoms with Gasteiger partial charge in [0.15, 0.2) is 0 Å². The molecule has 2 amide bonds. The highest BCUT2D eigenvalue weighted by atomic mass is 19.1. The zero-order chi connectivity index (χ0) is 25.9. The Morgan fingerprint density at radius 3 is 2.53 bits per heavy atom. The maximum absolute atomic E-state index is 13.9. The molecule has 0 bridgehead atoms. The first-order chi connectivity index (χ1) is 17.1. The molecule has 2 aliphatic rings.